The summed E-state index contributed by atoms with van der Waals surface area (Å²) in [6.45, 7) is 4.20. The number of aliphatic imine (C=N–C) groups is 1. The lowest BCUT2D eigenvalue weighted by Gasteiger charge is -2.13. The summed E-state index contributed by atoms with van der Waals surface area (Å²) >= 11 is 5.99. The molecule has 0 fully saturated rings. The molecule has 0 amide bonds. The Morgan fingerprint density at radius 1 is 1.56 bits per heavy atom. The van der Waals surface area contributed by atoms with Crippen LogP contribution in [-0.2, 0) is 0 Å². The molecule has 0 radical (unpaired) electrons. The van der Waals surface area contributed by atoms with Crippen molar-refractivity contribution in [1.29, 1.82) is 5.26 Å². The van der Waals surface area contributed by atoms with E-state index in [-0.39, 0.29) is 6.04 Å². The molecular weight excluding hydrogens is 250 g/mol. The SMILES string of the molecule is CC[C@@H](COc1ccccc1Cl)N=C(C)NC#N. The molecule has 5 heteroatoms. The highest BCUT2D eigenvalue weighted by atomic mass is 35.5. The minimum Gasteiger partial charge on any atom is -0.490 e. The Labute approximate surface area is 112 Å². The quantitative estimate of drug-likeness (QED) is 0.385. The van der Waals surface area contributed by atoms with Gasteiger partial charge < -0.3 is 4.74 Å². The lowest BCUT2D eigenvalue weighted by atomic mass is 10.2. The van der Waals surface area contributed by atoms with Crippen LogP contribution in [0.15, 0.2) is 29.3 Å². The van der Waals surface area contributed by atoms with Crippen LogP contribution in [0.1, 0.15) is 20.3 Å². The van der Waals surface area contributed by atoms with Crippen molar-refractivity contribution < 1.29 is 4.74 Å². The Bertz CT molecular complexity index is 454. The van der Waals surface area contributed by atoms with Gasteiger partial charge in [-0.25, -0.2) is 0 Å². The second-order valence-corrected chi connectivity index (χ2v) is 4.16. The van der Waals surface area contributed by atoms with Gasteiger partial charge in [-0.1, -0.05) is 30.7 Å². The summed E-state index contributed by atoms with van der Waals surface area (Å²) < 4.78 is 5.62. The van der Waals surface area contributed by atoms with Gasteiger partial charge in [0.25, 0.3) is 0 Å². The first-order valence-electron chi connectivity index (χ1n) is 5.74. The van der Waals surface area contributed by atoms with Gasteiger partial charge in [0.1, 0.15) is 18.2 Å². The first-order valence-corrected chi connectivity index (χ1v) is 6.12. The molecule has 1 rings (SSSR count). The summed E-state index contributed by atoms with van der Waals surface area (Å²) in [7, 11) is 0. The Hall–Kier alpha value is -1.73. The van der Waals surface area contributed by atoms with E-state index < -0.39 is 0 Å². The minimum atomic E-state index is 0.00197. The van der Waals surface area contributed by atoms with Crippen LogP contribution < -0.4 is 10.1 Å². The van der Waals surface area contributed by atoms with E-state index in [2.05, 4.69) is 10.3 Å². The summed E-state index contributed by atoms with van der Waals surface area (Å²) in [6, 6.07) is 7.32. The number of benzene rings is 1. The predicted octanol–water partition coefficient (Wildman–Crippen LogP) is 2.99. The number of halogens is 1. The normalized spacial score (nSPS) is 12.7. The van der Waals surface area contributed by atoms with Crippen molar-refractivity contribution in [3.63, 3.8) is 0 Å². The van der Waals surface area contributed by atoms with Gasteiger partial charge in [0.15, 0.2) is 6.19 Å². The Morgan fingerprint density at radius 3 is 2.89 bits per heavy atom. The molecule has 0 aliphatic rings. The van der Waals surface area contributed by atoms with E-state index in [1.54, 1.807) is 13.0 Å². The summed E-state index contributed by atoms with van der Waals surface area (Å²) in [4.78, 5) is 4.34. The third kappa shape index (κ3) is 4.64. The van der Waals surface area contributed by atoms with E-state index in [9.17, 15) is 0 Å². The average molecular weight is 266 g/mol. The molecule has 0 aromatic heterocycles. The Balaban J connectivity index is 2.58. The summed E-state index contributed by atoms with van der Waals surface area (Å²) in [5.74, 6) is 1.24. The fourth-order valence-electron chi connectivity index (χ4n) is 1.38. The van der Waals surface area contributed by atoms with Gasteiger partial charge in [0.05, 0.1) is 11.1 Å². The summed E-state index contributed by atoms with van der Waals surface area (Å²) in [5.41, 5.74) is 0. The molecule has 0 unspecified atom stereocenters. The maximum absolute atomic E-state index is 8.48. The third-order valence-corrected chi connectivity index (χ3v) is 2.66. The van der Waals surface area contributed by atoms with Gasteiger partial charge in [-0.3, -0.25) is 10.3 Å². The molecule has 96 valence electrons. The van der Waals surface area contributed by atoms with Crippen LogP contribution in [0.5, 0.6) is 5.75 Å². The van der Waals surface area contributed by atoms with Crippen LogP contribution >= 0.6 is 11.6 Å². The van der Waals surface area contributed by atoms with Crippen molar-refractivity contribution >= 4 is 17.4 Å². The van der Waals surface area contributed by atoms with Crippen LogP contribution in [0.4, 0.5) is 0 Å². The average Bonchev–Trinajstić information content (AvgIpc) is 2.36. The highest BCUT2D eigenvalue weighted by Crippen LogP contribution is 2.23. The van der Waals surface area contributed by atoms with Crippen molar-refractivity contribution in [2.75, 3.05) is 6.61 Å². The molecule has 18 heavy (non-hydrogen) atoms. The number of amidine groups is 1. The van der Waals surface area contributed by atoms with E-state index in [1.165, 1.54) is 0 Å². The Morgan fingerprint density at radius 2 is 2.28 bits per heavy atom. The van der Waals surface area contributed by atoms with E-state index in [0.717, 1.165) is 6.42 Å². The minimum absolute atomic E-state index is 0.00197. The van der Waals surface area contributed by atoms with Gasteiger partial charge in [0.2, 0.25) is 0 Å². The highest BCUT2D eigenvalue weighted by Gasteiger charge is 2.07. The molecule has 0 bridgehead atoms. The highest BCUT2D eigenvalue weighted by molar-refractivity contribution is 6.32. The summed E-state index contributed by atoms with van der Waals surface area (Å²) in [6.07, 6.45) is 2.67. The fraction of sp³-hybridized carbons (Fsp3) is 0.385. The molecule has 0 aliphatic carbocycles. The van der Waals surface area contributed by atoms with Crippen LogP contribution in [0.3, 0.4) is 0 Å². The van der Waals surface area contributed by atoms with Crippen LogP contribution in [0.25, 0.3) is 0 Å². The molecule has 1 aromatic carbocycles. The first-order chi connectivity index (χ1) is 8.67. The van der Waals surface area contributed by atoms with E-state index >= 15 is 0 Å². The molecule has 0 heterocycles. The van der Waals surface area contributed by atoms with E-state index in [0.29, 0.717) is 23.2 Å². The summed E-state index contributed by atoms with van der Waals surface area (Å²) in [5, 5.41) is 11.6. The van der Waals surface area contributed by atoms with Gasteiger partial charge in [-0.05, 0) is 25.5 Å². The van der Waals surface area contributed by atoms with Crippen LogP contribution in [0, 0.1) is 11.5 Å². The fourth-order valence-corrected chi connectivity index (χ4v) is 1.57. The number of nitrogens with zero attached hydrogens (tertiary/aromatic N) is 2. The van der Waals surface area contributed by atoms with Gasteiger partial charge in [0, 0.05) is 0 Å². The largest absolute Gasteiger partial charge is 0.490 e. The standard InChI is InChI=1S/C13H16ClN3O/c1-3-11(17-10(2)16-9-15)8-18-13-7-5-4-6-12(13)14/h4-7,11H,3,8H2,1-2H3,(H,16,17)/t11-/m0/s1. The molecule has 0 aliphatic heterocycles. The number of hydrogen-bond donors (Lipinski definition) is 1. The number of rotatable bonds is 5. The maximum atomic E-state index is 8.48. The number of para-hydroxylation sites is 1. The smallest absolute Gasteiger partial charge is 0.182 e. The van der Waals surface area contributed by atoms with Gasteiger partial charge in [-0.15, -0.1) is 0 Å². The molecule has 1 atom stereocenters. The lowest BCUT2D eigenvalue weighted by molar-refractivity contribution is 0.286. The lowest BCUT2D eigenvalue weighted by Crippen LogP contribution is -2.21. The second-order valence-electron chi connectivity index (χ2n) is 3.75. The van der Waals surface area contributed by atoms with Crippen LogP contribution in [-0.4, -0.2) is 18.5 Å². The second kappa shape index (κ2) is 7.57. The molecule has 0 saturated heterocycles. The number of ether oxygens (including phenoxy) is 1. The molecule has 4 nitrogen and oxygen atoms in total. The topological polar surface area (TPSA) is 57.4 Å². The molecule has 1 aromatic rings. The number of hydrogen-bond acceptors (Lipinski definition) is 3. The zero-order valence-corrected chi connectivity index (χ0v) is 11.2. The van der Waals surface area contributed by atoms with Crippen LogP contribution in [0.2, 0.25) is 5.02 Å². The first kappa shape index (κ1) is 14.3. The monoisotopic (exact) mass is 265 g/mol. The molecule has 0 spiro atoms. The molecule has 1 N–H and O–H groups in total. The van der Waals surface area contributed by atoms with Crippen molar-refractivity contribution in [2.45, 2.75) is 26.3 Å². The van der Waals surface area contributed by atoms with Crippen molar-refractivity contribution in [1.82, 2.24) is 5.32 Å². The van der Waals surface area contributed by atoms with Gasteiger partial charge >= 0.3 is 0 Å². The number of nitrogens with one attached hydrogen (secondary N) is 1. The third-order valence-electron chi connectivity index (χ3n) is 2.35. The van der Waals surface area contributed by atoms with Crippen molar-refractivity contribution in [3.05, 3.63) is 29.3 Å². The predicted molar refractivity (Wildman–Crippen MR) is 72.9 cm³/mol. The maximum Gasteiger partial charge on any atom is 0.182 e. The van der Waals surface area contributed by atoms with Crippen molar-refractivity contribution in [2.24, 2.45) is 4.99 Å². The van der Waals surface area contributed by atoms with Gasteiger partial charge in [-0.2, -0.15) is 5.26 Å². The van der Waals surface area contributed by atoms with E-state index in [4.69, 9.17) is 21.6 Å². The van der Waals surface area contributed by atoms with E-state index in [1.807, 2.05) is 31.3 Å². The molecule has 0 saturated carbocycles. The zero-order chi connectivity index (χ0) is 13.4. The van der Waals surface area contributed by atoms with Crippen molar-refractivity contribution in [3.8, 4) is 11.9 Å². The Kier molecular flexibility index (Phi) is 6.03. The number of nitriles is 1. The molecular formula is C13H16ClN3O. The zero-order valence-electron chi connectivity index (χ0n) is 10.5.